The Hall–Kier alpha value is -1.03. The summed E-state index contributed by atoms with van der Waals surface area (Å²) in [4.78, 5) is 10.8. The molecule has 3 nitrogen and oxygen atoms in total. The average molecular weight is 229 g/mol. The molecule has 0 spiro atoms. The Kier molecular flexibility index (Phi) is 1.58. The summed E-state index contributed by atoms with van der Waals surface area (Å²) in [5, 5.41) is 9.17. The van der Waals surface area contributed by atoms with Crippen molar-refractivity contribution >= 4 is 21.9 Å². The number of carbonyl (C=O) groups excluding carboxylic acids is 1. The molecule has 0 atom stereocenters. The fraction of sp³-hybridized carbons (Fsp3) is 0.125. The lowest BCUT2D eigenvalue weighted by atomic mass is 10.1. The van der Waals surface area contributed by atoms with Crippen molar-refractivity contribution < 1.29 is 14.6 Å². The van der Waals surface area contributed by atoms with E-state index in [9.17, 15) is 4.79 Å². The van der Waals surface area contributed by atoms with E-state index in [4.69, 9.17) is 9.84 Å². The molecule has 0 fully saturated rings. The molecule has 0 radical (unpaired) electrons. The fourth-order valence-electron chi connectivity index (χ4n) is 1.19. The van der Waals surface area contributed by atoms with Crippen LogP contribution in [0.25, 0.3) is 0 Å². The van der Waals surface area contributed by atoms with Gasteiger partial charge in [0.25, 0.3) is 0 Å². The number of carbonyl (C=O) groups is 1. The van der Waals surface area contributed by atoms with Crippen LogP contribution in [-0.4, -0.2) is 11.1 Å². The third-order valence-corrected chi connectivity index (χ3v) is 2.25. The topological polar surface area (TPSA) is 46.5 Å². The van der Waals surface area contributed by atoms with Crippen molar-refractivity contribution in [3.8, 4) is 11.5 Å². The summed E-state index contributed by atoms with van der Waals surface area (Å²) < 4.78 is 5.51. The number of phenolic OH excluding ortho intramolecular Hbond substituents is 1. The minimum Gasteiger partial charge on any atom is -0.508 e. The smallest absolute Gasteiger partial charge is 0.315 e. The number of benzene rings is 1. The van der Waals surface area contributed by atoms with Crippen LogP contribution in [0.5, 0.6) is 11.5 Å². The van der Waals surface area contributed by atoms with Crippen LogP contribution in [-0.2, 0) is 11.2 Å². The Morgan fingerprint density at radius 1 is 1.50 bits per heavy atom. The highest BCUT2D eigenvalue weighted by molar-refractivity contribution is 9.10. The van der Waals surface area contributed by atoms with Gasteiger partial charge in [0, 0.05) is 5.56 Å². The first-order chi connectivity index (χ1) is 5.66. The Bertz CT molecular complexity index is 360. The molecule has 1 aromatic rings. The van der Waals surface area contributed by atoms with E-state index in [2.05, 4.69) is 15.9 Å². The molecule has 62 valence electrons. The van der Waals surface area contributed by atoms with Crippen molar-refractivity contribution in [2.24, 2.45) is 0 Å². The van der Waals surface area contributed by atoms with E-state index in [-0.39, 0.29) is 18.1 Å². The number of rotatable bonds is 0. The summed E-state index contributed by atoms with van der Waals surface area (Å²) >= 11 is 3.19. The molecule has 0 saturated heterocycles. The van der Waals surface area contributed by atoms with E-state index in [1.807, 2.05) is 0 Å². The Balaban J connectivity index is 2.59. The van der Waals surface area contributed by atoms with E-state index in [1.54, 1.807) is 0 Å². The van der Waals surface area contributed by atoms with Crippen LogP contribution in [0.4, 0.5) is 0 Å². The van der Waals surface area contributed by atoms with Gasteiger partial charge in [0.05, 0.1) is 10.9 Å². The van der Waals surface area contributed by atoms with Crippen LogP contribution in [0.15, 0.2) is 16.6 Å². The maximum atomic E-state index is 10.8. The Labute approximate surface area is 77.1 Å². The second-order valence-corrected chi connectivity index (χ2v) is 3.42. The third-order valence-electron chi connectivity index (χ3n) is 1.66. The molecule has 1 aliphatic rings. The van der Waals surface area contributed by atoms with Gasteiger partial charge in [-0.05, 0) is 28.1 Å². The summed E-state index contributed by atoms with van der Waals surface area (Å²) in [5.74, 6) is 0.382. The quantitative estimate of drug-likeness (QED) is 0.543. The van der Waals surface area contributed by atoms with E-state index < -0.39 is 0 Å². The number of aromatic hydroxyl groups is 1. The number of halogens is 1. The molecular formula is C8H5BrO3. The van der Waals surface area contributed by atoms with Crippen LogP contribution in [0.3, 0.4) is 0 Å². The van der Waals surface area contributed by atoms with Gasteiger partial charge in [-0.2, -0.15) is 0 Å². The summed E-state index contributed by atoms with van der Waals surface area (Å²) in [7, 11) is 0. The van der Waals surface area contributed by atoms with Gasteiger partial charge in [-0.3, -0.25) is 4.79 Å². The maximum absolute atomic E-state index is 10.8. The molecule has 4 heteroatoms. The summed E-state index contributed by atoms with van der Waals surface area (Å²) in [6, 6.07) is 3.03. The number of esters is 1. The number of ether oxygens (including phenoxy) is 1. The van der Waals surface area contributed by atoms with Crippen molar-refractivity contribution in [1.82, 2.24) is 0 Å². The fourth-order valence-corrected chi connectivity index (χ4v) is 1.76. The van der Waals surface area contributed by atoms with E-state index in [1.165, 1.54) is 12.1 Å². The van der Waals surface area contributed by atoms with Gasteiger partial charge < -0.3 is 9.84 Å². The van der Waals surface area contributed by atoms with Crippen LogP contribution in [0, 0.1) is 0 Å². The van der Waals surface area contributed by atoms with Gasteiger partial charge >= 0.3 is 5.97 Å². The molecule has 0 unspecified atom stereocenters. The van der Waals surface area contributed by atoms with Gasteiger partial charge in [-0.1, -0.05) is 0 Å². The lowest BCUT2D eigenvalue weighted by molar-refractivity contribution is -0.131. The van der Waals surface area contributed by atoms with Crippen molar-refractivity contribution in [3.63, 3.8) is 0 Å². The third kappa shape index (κ3) is 1.08. The molecule has 0 saturated carbocycles. The number of hydrogen-bond donors (Lipinski definition) is 1. The average Bonchev–Trinajstić information content (AvgIpc) is 2.29. The predicted octanol–water partition coefficient (Wildman–Crippen LogP) is 1.62. The van der Waals surface area contributed by atoms with Crippen molar-refractivity contribution in [3.05, 3.63) is 22.2 Å². The van der Waals surface area contributed by atoms with Crippen molar-refractivity contribution in [1.29, 1.82) is 0 Å². The van der Waals surface area contributed by atoms with Crippen LogP contribution in [0.1, 0.15) is 5.56 Å². The number of hydrogen-bond acceptors (Lipinski definition) is 3. The zero-order valence-corrected chi connectivity index (χ0v) is 7.59. The molecule has 1 aromatic carbocycles. The van der Waals surface area contributed by atoms with E-state index >= 15 is 0 Å². The summed E-state index contributed by atoms with van der Waals surface area (Å²) in [6.07, 6.45) is 0.238. The minimum absolute atomic E-state index is 0.138. The monoisotopic (exact) mass is 228 g/mol. The first-order valence-corrected chi connectivity index (χ1v) is 4.18. The van der Waals surface area contributed by atoms with Crippen LogP contribution in [0.2, 0.25) is 0 Å². The SMILES string of the molecule is O=C1Cc2cc(O)cc(Br)c2O1. The standard InChI is InChI=1S/C8H5BrO3/c9-6-3-5(10)1-4-2-7(11)12-8(4)6/h1,3,10H,2H2. The summed E-state index contributed by atoms with van der Waals surface area (Å²) in [6.45, 7) is 0. The molecular weight excluding hydrogens is 224 g/mol. The van der Waals surface area contributed by atoms with Gasteiger partial charge in [0.15, 0.2) is 0 Å². The van der Waals surface area contributed by atoms with Gasteiger partial charge in [-0.15, -0.1) is 0 Å². The Morgan fingerprint density at radius 3 is 3.00 bits per heavy atom. The lowest BCUT2D eigenvalue weighted by Crippen LogP contribution is -2.00. The first-order valence-electron chi connectivity index (χ1n) is 3.39. The molecule has 12 heavy (non-hydrogen) atoms. The van der Waals surface area contributed by atoms with Crippen molar-refractivity contribution in [2.45, 2.75) is 6.42 Å². The van der Waals surface area contributed by atoms with Crippen LogP contribution < -0.4 is 4.74 Å². The van der Waals surface area contributed by atoms with Gasteiger partial charge in [0.1, 0.15) is 11.5 Å². The molecule has 0 aromatic heterocycles. The number of fused-ring (bicyclic) bond motifs is 1. The summed E-state index contributed by atoms with van der Waals surface area (Å²) in [5.41, 5.74) is 0.729. The maximum Gasteiger partial charge on any atom is 0.315 e. The van der Waals surface area contributed by atoms with E-state index in [0.717, 1.165) is 5.56 Å². The van der Waals surface area contributed by atoms with E-state index in [0.29, 0.717) is 10.2 Å². The van der Waals surface area contributed by atoms with Crippen molar-refractivity contribution in [2.75, 3.05) is 0 Å². The predicted molar refractivity (Wildman–Crippen MR) is 45.1 cm³/mol. The van der Waals surface area contributed by atoms with Crippen LogP contribution >= 0.6 is 15.9 Å². The van der Waals surface area contributed by atoms with Gasteiger partial charge in [-0.25, -0.2) is 0 Å². The number of phenols is 1. The zero-order chi connectivity index (χ0) is 8.72. The molecule has 0 aliphatic carbocycles. The first kappa shape index (κ1) is 7.61. The molecule has 2 rings (SSSR count). The van der Waals surface area contributed by atoms with Gasteiger partial charge in [0.2, 0.25) is 0 Å². The molecule has 1 N–H and O–H groups in total. The molecule has 1 aliphatic heterocycles. The zero-order valence-electron chi connectivity index (χ0n) is 6.00. The highest BCUT2D eigenvalue weighted by Crippen LogP contribution is 2.37. The molecule has 1 heterocycles. The molecule has 0 bridgehead atoms. The largest absolute Gasteiger partial charge is 0.508 e. The molecule has 0 amide bonds. The second kappa shape index (κ2) is 2.48. The Morgan fingerprint density at radius 2 is 2.25 bits per heavy atom. The highest BCUT2D eigenvalue weighted by Gasteiger charge is 2.23. The second-order valence-electron chi connectivity index (χ2n) is 2.57. The normalized spacial score (nSPS) is 14.2. The lowest BCUT2D eigenvalue weighted by Gasteiger charge is -2.00. The highest BCUT2D eigenvalue weighted by atomic mass is 79.9. The minimum atomic E-state index is -0.281.